The molecule has 1 aliphatic heterocycles. The van der Waals surface area contributed by atoms with Crippen molar-refractivity contribution >= 4 is 68.2 Å². The van der Waals surface area contributed by atoms with Crippen molar-refractivity contribution in [3.63, 3.8) is 0 Å². The van der Waals surface area contributed by atoms with Gasteiger partial charge in [-0.15, -0.1) is 12.1 Å². The Morgan fingerprint density at radius 2 is 1.31 bits per heavy atom. The number of aryl methyl sites for hydroxylation is 1. The van der Waals surface area contributed by atoms with Crippen LogP contribution in [0.15, 0.2) is 164 Å². The number of phenolic OH excluding ortho intramolecular Hbond substituents is 1. The number of pyridine rings is 1. The third-order valence-electron chi connectivity index (χ3n) is 13.0. The molecule has 0 atom stereocenters. The Labute approximate surface area is 429 Å². The molecule has 0 unspecified atom stereocenters. The molecule has 0 saturated carbocycles. The van der Waals surface area contributed by atoms with Gasteiger partial charge in [-0.2, -0.15) is 12.1 Å². The Balaban J connectivity index is 0.000000194. The van der Waals surface area contributed by atoms with Gasteiger partial charge in [-0.3, -0.25) is 4.57 Å². The van der Waals surface area contributed by atoms with Crippen molar-refractivity contribution < 1.29 is 44.4 Å². The average Bonchev–Trinajstić information content (AvgIpc) is 4.15. The summed E-state index contributed by atoms with van der Waals surface area (Å²) in [6.45, 7) is 8.96. The number of aromatic nitrogens is 4. The third kappa shape index (κ3) is 8.80. The van der Waals surface area contributed by atoms with E-state index in [-0.39, 0.29) is 60.2 Å². The van der Waals surface area contributed by atoms with Gasteiger partial charge in [-0.05, 0) is 27.9 Å². The van der Waals surface area contributed by atoms with Crippen LogP contribution in [0, 0.1) is 25.4 Å². The van der Waals surface area contributed by atoms with Crippen LogP contribution in [0.1, 0.15) is 45.6 Å². The summed E-state index contributed by atoms with van der Waals surface area (Å²) in [4.78, 5) is 4.87. The van der Waals surface area contributed by atoms with E-state index in [1.807, 2.05) is 6.20 Å². The van der Waals surface area contributed by atoms with Gasteiger partial charge in [0.1, 0.15) is 0 Å². The molecule has 11 rings (SSSR count). The Bertz CT molecular complexity index is 3910. The second-order valence-electron chi connectivity index (χ2n) is 19.5. The number of nitrogens with zero attached hydrogens (tertiary/aromatic N) is 4. The van der Waals surface area contributed by atoms with E-state index in [2.05, 4.69) is 110 Å². The number of imidazole rings is 1. The largest absolute Gasteiger partial charge is 0.534 e. The van der Waals surface area contributed by atoms with Gasteiger partial charge in [0.15, 0.2) is 0 Å². The maximum atomic E-state index is 10.2. The van der Waals surface area contributed by atoms with E-state index < -0.39 is 87.0 Å². The summed E-state index contributed by atoms with van der Waals surface area (Å²) in [7, 11) is 0. The predicted octanol–water partition coefficient (Wildman–Crippen LogP) is 13.0. The number of benzene rings is 7. The van der Waals surface area contributed by atoms with Gasteiger partial charge in [-0.1, -0.05) is 103 Å². The topological polar surface area (TPSA) is 46.9 Å². The zero-order valence-electron chi connectivity index (χ0n) is 48.8. The van der Waals surface area contributed by atoms with Crippen LogP contribution in [-0.2, 0) is 26.5 Å². The van der Waals surface area contributed by atoms with Gasteiger partial charge in [0.2, 0.25) is 0 Å². The van der Waals surface area contributed by atoms with Crippen LogP contribution < -0.4 is 13.4 Å². The van der Waals surface area contributed by atoms with Gasteiger partial charge >= 0.3 is 199 Å². The maximum Gasteiger partial charge on any atom is 0.268 e. The van der Waals surface area contributed by atoms with Gasteiger partial charge in [0, 0.05) is 26.8 Å². The van der Waals surface area contributed by atoms with E-state index in [0.29, 0.717) is 16.7 Å². The summed E-state index contributed by atoms with van der Waals surface area (Å²) in [5.41, 5.74) is 6.79. The monoisotopic (exact) mass is 1190 g/mol. The van der Waals surface area contributed by atoms with Crippen LogP contribution >= 0.6 is 0 Å². The third-order valence-corrected chi connectivity index (χ3v) is 30.5. The second kappa shape index (κ2) is 18.2. The van der Waals surface area contributed by atoms with E-state index in [1.165, 1.54) is 44.0 Å². The van der Waals surface area contributed by atoms with Crippen molar-refractivity contribution in [3.8, 4) is 45.2 Å². The Morgan fingerprint density at radius 1 is 0.687 bits per heavy atom. The van der Waals surface area contributed by atoms with Crippen LogP contribution in [0.4, 0.5) is 0 Å². The molecule has 0 fully saturated rings. The number of para-hydroxylation sites is 3. The summed E-state index contributed by atoms with van der Waals surface area (Å²) in [6, 6.07) is 32.0. The number of phenols is 1. The van der Waals surface area contributed by atoms with Crippen LogP contribution in [0.25, 0.3) is 72.3 Å². The maximum absolute atomic E-state index is 10.2. The molecule has 10 aromatic rings. The van der Waals surface area contributed by atoms with Crippen molar-refractivity contribution in [2.75, 3.05) is 0 Å². The molecule has 1 aliphatic rings. The number of aromatic hydroxyl groups is 1. The first kappa shape index (κ1) is 35.6. The average molecular weight is 1190 g/mol. The number of rotatable bonds is 5. The predicted molar refractivity (Wildman–Crippen MR) is 280 cm³/mol. The molecule has 0 bridgehead atoms. The van der Waals surface area contributed by atoms with Crippen molar-refractivity contribution in [1.82, 2.24) is 14.1 Å². The smallest absolute Gasteiger partial charge is 0.268 e. The molecule has 67 heavy (non-hydrogen) atoms. The SMILES string of the molecule is Cc1[c-]c2c(cc1)c1c[c]3[c](cc1n2-c1cc(C(C)(C)C)ccn1)[Ge]([CH3])([CH3])[CH2][CH2][Ge]3([CH3])[CH3].[2H]c1c([2H])c([2H])c(-c2cccc(-c3c([2H])c([2H])c([2H])c([2H])c3[2H])c2-[n+]2[c-]n(-c3[c-]c(O)ccc3)c3ccccc32)c([2H])c1[2H].[Pt]. The molecule has 0 amide bonds. The Kier molecular flexibility index (Phi) is 9.69. The Hall–Kier alpha value is -5.47. The fraction of sp³-hybridized carbons (Fsp3) is 0.186. The van der Waals surface area contributed by atoms with Crippen LogP contribution in [0.2, 0.25) is 33.5 Å². The molecule has 7 aromatic carbocycles. The van der Waals surface area contributed by atoms with Crippen molar-refractivity contribution in [1.29, 1.82) is 0 Å². The molecule has 4 heterocycles. The zero-order valence-corrected chi connectivity index (χ0v) is 45.2. The summed E-state index contributed by atoms with van der Waals surface area (Å²) >= 11 is -4.00. The standard InChI is InChI=1S/C31H21N2O.C28H35Ge2N2.Pt/c34-26-16-9-15-25(21-26)32-22-33(30-20-8-7-19-29(30)32)31-27(23-11-3-1-4-12-23)17-10-18-28(31)24-13-5-2-6-14-24;1-19-9-10-21-22-17-23-24(30(7,8)13-12-29(23,5)6)18-26(22)32(25(21)15-19)27-16-20(11-14-31-27)28(2,3)4;/h1-20,34H;9-11,14,16-18H,12-13H2,1-8H3;/q2*-1;/i1D,2D,3D,4D,5D,6D,11D,12D,13D,14D;;. The minimum Gasteiger partial charge on any atom is -0.534 e. The molecule has 0 radical (unpaired) electrons. The van der Waals surface area contributed by atoms with E-state index in [0.717, 1.165) is 11.3 Å². The van der Waals surface area contributed by atoms with E-state index in [4.69, 9.17) is 18.7 Å². The van der Waals surface area contributed by atoms with Crippen molar-refractivity contribution in [2.24, 2.45) is 0 Å². The van der Waals surface area contributed by atoms with E-state index in [1.54, 1.807) is 72.5 Å². The first-order valence-corrected chi connectivity index (χ1v) is 35.7. The number of hydrogen-bond donors (Lipinski definition) is 1. The molecule has 0 saturated heterocycles. The number of hydrogen-bond acceptors (Lipinski definition) is 2. The molecule has 0 aliphatic carbocycles. The molecular weight excluding hydrogens is 1120 g/mol. The van der Waals surface area contributed by atoms with Crippen molar-refractivity contribution in [3.05, 3.63) is 193 Å². The van der Waals surface area contributed by atoms with Gasteiger partial charge < -0.3 is 9.67 Å². The zero-order chi connectivity index (χ0) is 54.7. The summed E-state index contributed by atoms with van der Waals surface area (Å²) < 4.78 is 93.4. The fourth-order valence-corrected chi connectivity index (χ4v) is 39.6. The normalized spacial score (nSPS) is 16.1. The van der Waals surface area contributed by atoms with E-state index >= 15 is 0 Å². The summed E-state index contributed by atoms with van der Waals surface area (Å²) in [6.07, 6.45) is 5.19. The molecule has 8 heteroatoms. The summed E-state index contributed by atoms with van der Waals surface area (Å²) in [5, 5.41) is 15.8. The van der Waals surface area contributed by atoms with Gasteiger partial charge in [0.25, 0.3) is 6.33 Å². The first-order valence-electron chi connectivity index (χ1n) is 27.3. The molecule has 5 nitrogen and oxygen atoms in total. The van der Waals surface area contributed by atoms with E-state index in [9.17, 15) is 5.11 Å². The molecule has 3 aromatic heterocycles. The minimum atomic E-state index is -2.02. The molecule has 1 N–H and O–H groups in total. The fourth-order valence-electron chi connectivity index (χ4n) is 9.28. The summed E-state index contributed by atoms with van der Waals surface area (Å²) in [5.74, 6) is 11.4. The molecule has 338 valence electrons. The molecule has 0 spiro atoms. The Morgan fingerprint density at radius 3 is 1.96 bits per heavy atom. The number of fused-ring (bicyclic) bond motifs is 5. The van der Waals surface area contributed by atoms with Crippen LogP contribution in [-0.4, -0.2) is 45.8 Å². The van der Waals surface area contributed by atoms with Crippen LogP contribution in [0.5, 0.6) is 5.75 Å². The minimum absolute atomic E-state index is 0. The van der Waals surface area contributed by atoms with Crippen LogP contribution in [0.3, 0.4) is 0 Å². The molecular formula is C59H56Ge2N4OPt-2. The second-order valence-corrected chi connectivity index (χ2v) is 39.6. The van der Waals surface area contributed by atoms with Gasteiger partial charge in [0.05, 0.1) is 30.4 Å². The first-order chi connectivity index (χ1) is 35.8. The van der Waals surface area contributed by atoms with Crippen molar-refractivity contribution in [2.45, 2.75) is 66.6 Å². The quantitative estimate of drug-likeness (QED) is 0.106. The van der Waals surface area contributed by atoms with Gasteiger partial charge in [-0.25, -0.2) is 0 Å².